The van der Waals surface area contributed by atoms with E-state index in [4.69, 9.17) is 4.74 Å². The van der Waals surface area contributed by atoms with Crippen LogP contribution in [0.25, 0.3) is 5.57 Å². The summed E-state index contributed by atoms with van der Waals surface area (Å²) in [6.07, 6.45) is -1.05. The molecule has 2 nitrogen and oxygen atoms in total. The Kier molecular flexibility index (Phi) is 4.16. The number of ether oxygens (including phenoxy) is 1. The van der Waals surface area contributed by atoms with E-state index in [-0.39, 0.29) is 12.5 Å². The Labute approximate surface area is 115 Å². The molecule has 0 radical (unpaired) electrons. The van der Waals surface area contributed by atoms with Gasteiger partial charge in [0.1, 0.15) is 0 Å². The summed E-state index contributed by atoms with van der Waals surface area (Å²) in [6, 6.07) is 4.89. The Balaban J connectivity index is 2.24. The van der Waals surface area contributed by atoms with Crippen LogP contribution in [0.15, 0.2) is 30.3 Å². The van der Waals surface area contributed by atoms with Gasteiger partial charge in [0, 0.05) is 6.08 Å². The van der Waals surface area contributed by atoms with Crippen molar-refractivity contribution in [1.29, 1.82) is 0 Å². The molecule has 5 heteroatoms. The molecule has 0 aromatic heterocycles. The molecule has 2 rings (SSSR count). The van der Waals surface area contributed by atoms with Gasteiger partial charge in [-0.15, -0.1) is 0 Å². The molecule has 20 heavy (non-hydrogen) atoms. The van der Waals surface area contributed by atoms with Crippen LogP contribution in [-0.2, 0) is 15.7 Å². The number of esters is 1. The highest BCUT2D eigenvalue weighted by Crippen LogP contribution is 2.42. The van der Waals surface area contributed by atoms with E-state index >= 15 is 0 Å². The smallest absolute Gasteiger partial charge is 0.416 e. The number of alkyl halides is 3. The van der Waals surface area contributed by atoms with Crippen LogP contribution in [0.1, 0.15) is 30.9 Å². The highest BCUT2D eigenvalue weighted by atomic mass is 19.4. The van der Waals surface area contributed by atoms with Crippen molar-refractivity contribution in [2.75, 3.05) is 6.61 Å². The molecule has 0 atom stereocenters. The number of carbonyl (C=O) groups excluding carboxylic acids is 1. The lowest BCUT2D eigenvalue weighted by molar-refractivity contribution is -0.138. The summed E-state index contributed by atoms with van der Waals surface area (Å²) in [5.74, 6) is -0.203. The Morgan fingerprint density at radius 3 is 2.35 bits per heavy atom. The number of carbonyl (C=O) groups is 1. The number of benzene rings is 1. The molecular formula is C15H15F3O2. The molecule has 0 bridgehead atoms. The van der Waals surface area contributed by atoms with Crippen molar-refractivity contribution in [3.63, 3.8) is 0 Å². The van der Waals surface area contributed by atoms with E-state index < -0.39 is 17.7 Å². The molecule has 0 heterocycles. The lowest BCUT2D eigenvalue weighted by Gasteiger charge is -2.10. The van der Waals surface area contributed by atoms with E-state index in [1.54, 1.807) is 6.92 Å². The quantitative estimate of drug-likeness (QED) is 0.615. The Morgan fingerprint density at radius 1 is 1.30 bits per heavy atom. The van der Waals surface area contributed by atoms with Crippen LogP contribution in [0.5, 0.6) is 0 Å². The summed E-state index contributed by atoms with van der Waals surface area (Å²) in [4.78, 5) is 11.5. The SMILES string of the molecule is CCOC(=O)/C=C(\c1ccc(C(F)(F)F)cc1)C1CC1. The minimum atomic E-state index is -4.34. The van der Waals surface area contributed by atoms with Gasteiger partial charge in [0.05, 0.1) is 12.2 Å². The van der Waals surface area contributed by atoms with Crippen LogP contribution in [0.3, 0.4) is 0 Å². The number of hydrogen-bond acceptors (Lipinski definition) is 2. The maximum Gasteiger partial charge on any atom is 0.416 e. The normalized spacial score (nSPS) is 16.1. The van der Waals surface area contributed by atoms with Crippen LogP contribution in [-0.4, -0.2) is 12.6 Å². The lowest BCUT2D eigenvalue weighted by Crippen LogP contribution is -2.05. The van der Waals surface area contributed by atoms with Gasteiger partial charge in [0.15, 0.2) is 0 Å². The van der Waals surface area contributed by atoms with Crippen molar-refractivity contribution in [1.82, 2.24) is 0 Å². The standard InChI is InChI=1S/C15H15F3O2/c1-2-20-14(19)9-13(10-3-4-10)11-5-7-12(8-6-11)15(16,17)18/h5-10H,2-4H2,1H3/b13-9-. The van der Waals surface area contributed by atoms with E-state index in [0.29, 0.717) is 5.56 Å². The van der Waals surface area contributed by atoms with Crippen LogP contribution in [0, 0.1) is 5.92 Å². The van der Waals surface area contributed by atoms with E-state index in [0.717, 1.165) is 30.5 Å². The average molecular weight is 284 g/mol. The molecule has 0 amide bonds. The van der Waals surface area contributed by atoms with Gasteiger partial charge >= 0.3 is 12.1 Å². The summed E-state index contributed by atoms with van der Waals surface area (Å²) in [5, 5.41) is 0. The first-order valence-corrected chi connectivity index (χ1v) is 6.47. The Hall–Kier alpha value is -1.78. The Bertz CT molecular complexity index is 511. The van der Waals surface area contributed by atoms with Gasteiger partial charge in [-0.25, -0.2) is 4.79 Å². The first kappa shape index (κ1) is 14.6. The molecule has 0 aliphatic heterocycles. The molecule has 0 N–H and O–H groups in total. The monoisotopic (exact) mass is 284 g/mol. The summed E-state index contributed by atoms with van der Waals surface area (Å²) in [6.45, 7) is 1.99. The second-order valence-electron chi connectivity index (χ2n) is 4.70. The zero-order valence-electron chi connectivity index (χ0n) is 11.0. The zero-order chi connectivity index (χ0) is 14.8. The van der Waals surface area contributed by atoms with Crippen LogP contribution in [0.4, 0.5) is 13.2 Å². The third kappa shape index (κ3) is 3.62. The number of rotatable bonds is 4. The van der Waals surface area contributed by atoms with Crippen LogP contribution < -0.4 is 0 Å². The van der Waals surface area contributed by atoms with Crippen molar-refractivity contribution in [2.45, 2.75) is 25.9 Å². The molecule has 1 aromatic rings. The maximum atomic E-state index is 12.5. The first-order valence-electron chi connectivity index (χ1n) is 6.47. The van der Waals surface area contributed by atoms with Gasteiger partial charge in [-0.3, -0.25) is 0 Å². The fourth-order valence-corrected chi connectivity index (χ4v) is 1.99. The van der Waals surface area contributed by atoms with Crippen molar-refractivity contribution < 1.29 is 22.7 Å². The van der Waals surface area contributed by atoms with E-state index in [1.165, 1.54) is 18.2 Å². The molecule has 108 valence electrons. The number of halogens is 3. The predicted molar refractivity (Wildman–Crippen MR) is 68.8 cm³/mol. The molecular weight excluding hydrogens is 269 g/mol. The van der Waals surface area contributed by atoms with E-state index in [2.05, 4.69) is 0 Å². The first-order chi connectivity index (χ1) is 9.41. The lowest BCUT2D eigenvalue weighted by atomic mass is 9.99. The second kappa shape index (κ2) is 5.69. The molecule has 1 aliphatic rings. The Morgan fingerprint density at radius 2 is 1.90 bits per heavy atom. The minimum Gasteiger partial charge on any atom is -0.463 e. The largest absolute Gasteiger partial charge is 0.463 e. The second-order valence-corrected chi connectivity index (χ2v) is 4.70. The molecule has 0 saturated heterocycles. The third-order valence-electron chi connectivity index (χ3n) is 3.12. The van der Waals surface area contributed by atoms with Gasteiger partial charge in [0.25, 0.3) is 0 Å². The number of allylic oxidation sites excluding steroid dienone is 1. The average Bonchev–Trinajstić information content (AvgIpc) is 3.20. The van der Waals surface area contributed by atoms with E-state index in [9.17, 15) is 18.0 Å². The van der Waals surface area contributed by atoms with Crippen LogP contribution in [0.2, 0.25) is 0 Å². The van der Waals surface area contributed by atoms with Crippen molar-refractivity contribution in [3.8, 4) is 0 Å². The molecule has 1 fully saturated rings. The summed E-state index contributed by atoms with van der Waals surface area (Å²) in [5.41, 5.74) is 0.721. The summed E-state index contributed by atoms with van der Waals surface area (Å²) < 4.78 is 42.4. The molecule has 0 unspecified atom stereocenters. The van der Waals surface area contributed by atoms with Gasteiger partial charge in [0.2, 0.25) is 0 Å². The highest BCUT2D eigenvalue weighted by Gasteiger charge is 2.31. The van der Waals surface area contributed by atoms with Gasteiger partial charge < -0.3 is 4.74 Å². The minimum absolute atomic E-state index is 0.246. The van der Waals surface area contributed by atoms with Crippen LogP contribution >= 0.6 is 0 Å². The van der Waals surface area contributed by atoms with Gasteiger partial charge in [-0.05, 0) is 49.0 Å². The highest BCUT2D eigenvalue weighted by molar-refractivity contribution is 5.92. The topological polar surface area (TPSA) is 26.3 Å². The van der Waals surface area contributed by atoms with Gasteiger partial charge in [-0.1, -0.05) is 12.1 Å². The third-order valence-corrected chi connectivity index (χ3v) is 3.12. The number of hydrogen-bond donors (Lipinski definition) is 0. The fraction of sp³-hybridized carbons (Fsp3) is 0.400. The summed E-state index contributed by atoms with van der Waals surface area (Å²) in [7, 11) is 0. The molecule has 1 aliphatic carbocycles. The predicted octanol–water partition coefficient (Wildman–Crippen LogP) is 4.06. The van der Waals surface area contributed by atoms with Crippen molar-refractivity contribution in [2.24, 2.45) is 5.92 Å². The van der Waals surface area contributed by atoms with Crippen molar-refractivity contribution >= 4 is 11.5 Å². The maximum absolute atomic E-state index is 12.5. The summed E-state index contributed by atoms with van der Waals surface area (Å²) >= 11 is 0. The zero-order valence-corrected chi connectivity index (χ0v) is 11.0. The van der Waals surface area contributed by atoms with Crippen molar-refractivity contribution in [3.05, 3.63) is 41.5 Å². The molecule has 1 saturated carbocycles. The molecule has 0 spiro atoms. The molecule has 1 aromatic carbocycles. The fourth-order valence-electron chi connectivity index (χ4n) is 1.99. The van der Waals surface area contributed by atoms with E-state index in [1.807, 2.05) is 0 Å². The van der Waals surface area contributed by atoms with Gasteiger partial charge in [-0.2, -0.15) is 13.2 Å².